The molecule has 0 spiro atoms. The van der Waals surface area contributed by atoms with Gasteiger partial charge < -0.3 is 105 Å². The zero-order valence-corrected chi connectivity index (χ0v) is 81.9. The van der Waals surface area contributed by atoms with Crippen molar-refractivity contribution < 1.29 is 110 Å². The minimum atomic E-state index is -1.17. The molecule has 4 heterocycles. The van der Waals surface area contributed by atoms with E-state index >= 15 is 0 Å². The number of thioether (sulfide) groups is 2. The second-order valence-electron chi connectivity index (χ2n) is 35.1. The van der Waals surface area contributed by atoms with E-state index in [2.05, 4.69) is 31.9 Å². The van der Waals surface area contributed by atoms with E-state index in [0.717, 1.165) is 28.4 Å². The molecule has 38 heteroatoms. The number of likely N-dealkylation sites (tertiary alicyclic amines) is 1. The summed E-state index contributed by atoms with van der Waals surface area (Å²) >= 11 is 2.24. The third kappa shape index (κ3) is 31.0. The molecular weight excluding hydrogens is 1790 g/mol. The van der Waals surface area contributed by atoms with Gasteiger partial charge in [0.05, 0.1) is 124 Å². The summed E-state index contributed by atoms with van der Waals surface area (Å²) in [6.07, 6.45) is -1.27. The summed E-state index contributed by atoms with van der Waals surface area (Å²) in [5.74, 6) is -6.66. The van der Waals surface area contributed by atoms with Crippen LogP contribution in [0, 0.1) is 29.6 Å². The average Bonchev–Trinajstić information content (AvgIpc) is 1.62. The Bertz CT molecular complexity index is 4740. The van der Waals surface area contributed by atoms with E-state index in [-0.39, 0.29) is 111 Å². The summed E-state index contributed by atoms with van der Waals surface area (Å²) < 4.78 is 51.5. The van der Waals surface area contributed by atoms with Gasteiger partial charge in [-0.05, 0) is 152 Å². The number of urea groups is 1. The number of methoxy groups -OCH3 is 2. The number of aliphatic hydroxyl groups excluding tert-OH is 1. The summed E-state index contributed by atoms with van der Waals surface area (Å²) in [4.78, 5) is 191. The van der Waals surface area contributed by atoms with Crippen LogP contribution in [-0.2, 0) is 87.7 Å². The molecule has 3 fully saturated rings. The van der Waals surface area contributed by atoms with Crippen LogP contribution in [0.3, 0.4) is 0 Å². The normalized spacial score (nSPS) is 17.1. The number of amides is 14. The number of rotatable bonds is 51. The van der Waals surface area contributed by atoms with Gasteiger partial charge in [0.15, 0.2) is 0 Å². The minimum Gasteiger partial charge on any atom is -0.491 e. The monoisotopic (exact) mass is 1930 g/mol. The molecule has 5 aromatic rings. The van der Waals surface area contributed by atoms with Crippen molar-refractivity contribution in [2.24, 2.45) is 35.3 Å². The molecule has 0 saturated carbocycles. The number of hydrogen-bond acceptors (Lipinski definition) is 25. The SMILES string of the molecule is CCC(C)[C@@H]([C@@H](CC(=O)N1CCC[C@H]1[C@H](OC)[C@@H](C)C(=O)N[C@H](C)[C@@H](O)c1ccccc1)OC)N(C)C(=O)C(NC(=O)[C@H](C(C)C)N(C)C(=O)OCc1ccc(NC(=O)C(CCCNC(N)=O)NC(=O)[C@@H](NC(=O)COCCOCCOCCOc2ccc(N3C(=O)C(Sc4ccc(C(=O)N5CCOCC5)cc4)=C(Sc4ccc(C(=O)N5CCOCC5)cc4)C3=O)cc2)C(C)C)cc1)C(C)C. The number of primary amides is 1. The maximum Gasteiger partial charge on any atom is 0.410 e. The van der Waals surface area contributed by atoms with Crippen LogP contribution in [-0.4, -0.2) is 301 Å². The fourth-order valence-electron chi connectivity index (χ4n) is 16.5. The molecular formula is C98H135N13O23S2. The Hall–Kier alpha value is -11.1. The number of carbonyl (C=O) groups excluding carboxylic acids is 13. The Kier molecular flexibility index (Phi) is 43.3. The maximum atomic E-state index is 14.9. The van der Waals surface area contributed by atoms with E-state index in [0.29, 0.717) is 128 Å². The second kappa shape index (κ2) is 54.2. The second-order valence-corrected chi connectivity index (χ2v) is 37.2. The van der Waals surface area contributed by atoms with Gasteiger partial charge in [-0.15, -0.1) is 0 Å². The summed E-state index contributed by atoms with van der Waals surface area (Å²) in [6, 6.07) is 28.7. The Morgan fingerprint density at radius 2 is 1.14 bits per heavy atom. The van der Waals surface area contributed by atoms with E-state index < -0.39 is 144 Å². The summed E-state index contributed by atoms with van der Waals surface area (Å²) in [6.45, 7) is 22.4. The molecule has 136 heavy (non-hydrogen) atoms. The number of nitrogens with zero attached hydrogens (tertiary/aromatic N) is 6. The first kappa shape index (κ1) is 109. The van der Waals surface area contributed by atoms with Crippen molar-refractivity contribution in [2.75, 3.05) is 150 Å². The molecule has 36 nitrogen and oxygen atoms in total. The smallest absolute Gasteiger partial charge is 0.410 e. The molecule has 9 N–H and O–H groups in total. The van der Waals surface area contributed by atoms with E-state index in [1.54, 1.807) is 191 Å². The lowest BCUT2D eigenvalue weighted by Gasteiger charge is -2.41. The molecule has 3 unspecified atom stereocenters. The van der Waals surface area contributed by atoms with Gasteiger partial charge in [0.25, 0.3) is 23.6 Å². The van der Waals surface area contributed by atoms with Gasteiger partial charge in [-0.2, -0.15) is 0 Å². The summed E-state index contributed by atoms with van der Waals surface area (Å²) in [5.41, 5.74) is 8.06. The highest BCUT2D eigenvalue weighted by Gasteiger charge is 2.46. The molecule has 0 radical (unpaired) electrons. The van der Waals surface area contributed by atoms with Crippen molar-refractivity contribution >= 4 is 112 Å². The number of morpholine rings is 2. The highest BCUT2D eigenvalue weighted by molar-refractivity contribution is 8.08. The topological polar surface area (TPSA) is 443 Å². The number of hydrogen-bond donors (Lipinski definition) is 8. The van der Waals surface area contributed by atoms with Gasteiger partial charge in [-0.25, -0.2) is 14.5 Å². The largest absolute Gasteiger partial charge is 0.491 e. The third-order valence-electron chi connectivity index (χ3n) is 24.3. The van der Waals surface area contributed by atoms with Crippen LogP contribution in [0.2, 0.25) is 0 Å². The first-order valence-electron chi connectivity index (χ1n) is 46.4. The highest BCUT2D eigenvalue weighted by Crippen LogP contribution is 2.45. The van der Waals surface area contributed by atoms with Crippen molar-refractivity contribution in [3.63, 3.8) is 0 Å². The molecule has 14 amide bonds. The van der Waals surface area contributed by atoms with E-state index in [9.17, 15) is 67.4 Å². The number of ether oxygens (including phenoxy) is 9. The zero-order valence-electron chi connectivity index (χ0n) is 80.3. The average molecular weight is 1930 g/mol. The van der Waals surface area contributed by atoms with Crippen LogP contribution in [0.5, 0.6) is 5.75 Å². The fourth-order valence-corrected chi connectivity index (χ4v) is 18.5. The lowest BCUT2D eigenvalue weighted by Crippen LogP contribution is -2.60. The third-order valence-corrected chi connectivity index (χ3v) is 26.6. The van der Waals surface area contributed by atoms with Crippen molar-refractivity contribution in [3.05, 3.63) is 159 Å². The van der Waals surface area contributed by atoms with Crippen molar-refractivity contribution in [1.82, 2.24) is 51.1 Å². The van der Waals surface area contributed by atoms with Crippen LogP contribution in [0.4, 0.5) is 21.0 Å². The molecule has 3 saturated heterocycles. The van der Waals surface area contributed by atoms with Gasteiger partial charge in [0.2, 0.25) is 41.4 Å². The predicted octanol–water partition coefficient (Wildman–Crippen LogP) is 8.33. The van der Waals surface area contributed by atoms with Gasteiger partial charge in [0, 0.05) is 94.2 Å². The molecule has 12 atom stereocenters. The van der Waals surface area contributed by atoms with Crippen molar-refractivity contribution in [2.45, 2.75) is 185 Å². The standard InChI is InChI=1S/C98H135N13O23S2/c1-15-63(8)83(77(126-13)57-79(113)110-42-20-24-76(110)85(127-14)64(9)88(115)101-65(10)84(114)67-21-17-16-18-22-67)106(11)94(121)81(61(4)5)105-91(118)82(62(6)7)107(12)98(125)134-58-66-25-31-70(32-26-66)102-89(116)75(23-19-41-100-97(99)124)103-90(117)80(60(2)3)104-78(112)59-132-54-53-130-51-52-131-55-56-133-72-35-33-71(34-36-72)111-95(122)86(135-73-37-27-68(28-38-73)92(119)108-43-47-128-48-44-108)87(96(111)123)136-74-39-29-69(30-40-74)93(120)109-45-49-129-50-46-109/h16-18,21-22,25-40,60-65,75-77,80-85,114H,15,19-20,23-24,41-59H2,1-14H3,(H,101,115)(H,102,116)(H,103,117)(H,104,112)(H,105,118)(H3,99,100,124)/t63?,64-,65-,75?,76+,77-,80+,81?,82+,83+,84-,85-/m1/s1. The number of nitrogens with two attached hydrogens (primary N) is 1. The van der Waals surface area contributed by atoms with Gasteiger partial charge >= 0.3 is 12.1 Å². The lowest BCUT2D eigenvalue weighted by atomic mass is 9.89. The van der Waals surface area contributed by atoms with Crippen LogP contribution in [0.25, 0.3) is 0 Å². The highest BCUT2D eigenvalue weighted by atomic mass is 32.2. The van der Waals surface area contributed by atoms with Gasteiger partial charge in [-0.1, -0.05) is 135 Å². The number of imide groups is 1. The molecule has 5 aromatic carbocycles. The van der Waals surface area contributed by atoms with Gasteiger partial charge in [0.1, 0.15) is 49.7 Å². The molecule has 4 aliphatic rings. The van der Waals surface area contributed by atoms with Crippen molar-refractivity contribution in [3.8, 4) is 5.75 Å². The maximum absolute atomic E-state index is 14.9. The number of nitrogens with one attached hydrogen (secondary N) is 6. The number of likely N-dealkylation sites (N-methyl/N-ethyl adjacent to an activating group) is 2. The van der Waals surface area contributed by atoms with Crippen molar-refractivity contribution in [1.29, 1.82) is 0 Å². The van der Waals surface area contributed by atoms with Gasteiger partial charge in [-0.3, -0.25) is 57.6 Å². The Balaban J connectivity index is 0.691. The Morgan fingerprint density at radius 3 is 1.66 bits per heavy atom. The van der Waals surface area contributed by atoms with Crippen LogP contribution < -0.4 is 47.3 Å². The van der Waals surface area contributed by atoms with Crippen LogP contribution >= 0.6 is 23.5 Å². The Morgan fingerprint density at radius 1 is 0.588 bits per heavy atom. The molecule has 4 aliphatic heterocycles. The summed E-state index contributed by atoms with van der Waals surface area (Å²) in [5, 5.41) is 27.6. The van der Waals surface area contributed by atoms with Crippen LogP contribution in [0.15, 0.2) is 147 Å². The number of anilines is 2. The molecule has 742 valence electrons. The molecule has 0 bridgehead atoms. The number of benzene rings is 5. The number of aliphatic hydroxyl groups is 1. The first-order valence-corrected chi connectivity index (χ1v) is 48.0. The van der Waals surface area contributed by atoms with E-state index in [1.807, 2.05) is 32.0 Å². The van der Waals surface area contributed by atoms with E-state index in [1.165, 1.54) is 26.2 Å². The first-order chi connectivity index (χ1) is 65.1. The van der Waals surface area contributed by atoms with Crippen LogP contribution in [0.1, 0.15) is 146 Å². The fraction of sp³-hybridized carbons (Fsp3) is 0.541. The Labute approximate surface area is 804 Å². The summed E-state index contributed by atoms with van der Waals surface area (Å²) in [7, 11) is 6.06. The minimum absolute atomic E-state index is 0.0208. The molecule has 9 rings (SSSR count). The lowest BCUT2D eigenvalue weighted by molar-refractivity contribution is -0.148. The molecule has 0 aliphatic carbocycles. The number of carbonyl (C=O) groups is 13. The zero-order chi connectivity index (χ0) is 98.8. The quantitative estimate of drug-likeness (QED) is 0.0134. The molecule has 0 aromatic heterocycles. The predicted molar refractivity (Wildman–Crippen MR) is 511 cm³/mol. The van der Waals surface area contributed by atoms with E-state index in [4.69, 9.17) is 48.4 Å².